The van der Waals surface area contributed by atoms with E-state index in [0.29, 0.717) is 41.7 Å². The van der Waals surface area contributed by atoms with Crippen molar-refractivity contribution in [1.82, 2.24) is 25.3 Å². The molecule has 0 saturated carbocycles. The summed E-state index contributed by atoms with van der Waals surface area (Å²) in [6.45, 7) is 1.31. The number of carbonyl (C=O) groups is 2. The third-order valence-electron chi connectivity index (χ3n) is 4.20. The Morgan fingerprint density at radius 3 is 3.04 bits per heavy atom. The van der Waals surface area contributed by atoms with Gasteiger partial charge in [-0.1, -0.05) is 11.3 Å². The van der Waals surface area contributed by atoms with Crippen molar-refractivity contribution in [2.24, 2.45) is 0 Å². The molecule has 1 saturated heterocycles. The number of ether oxygens (including phenoxy) is 1. The molecule has 0 aliphatic carbocycles. The third kappa shape index (κ3) is 4.18. The van der Waals surface area contributed by atoms with Gasteiger partial charge in [0.2, 0.25) is 0 Å². The molecule has 2 aliphatic heterocycles. The highest BCUT2D eigenvalue weighted by Gasteiger charge is 2.22. The van der Waals surface area contributed by atoms with Gasteiger partial charge in [-0.2, -0.15) is 0 Å². The Morgan fingerprint density at radius 1 is 1.43 bits per heavy atom. The highest BCUT2D eigenvalue weighted by Crippen LogP contribution is 2.34. The molecule has 2 amide bonds. The fourth-order valence-electron chi connectivity index (χ4n) is 2.78. The van der Waals surface area contributed by atoms with Crippen LogP contribution in [0.3, 0.4) is 0 Å². The van der Waals surface area contributed by atoms with Crippen molar-refractivity contribution in [3.8, 4) is 5.69 Å². The van der Waals surface area contributed by atoms with Gasteiger partial charge in [0, 0.05) is 0 Å². The van der Waals surface area contributed by atoms with Gasteiger partial charge >= 0.3 is 0 Å². The summed E-state index contributed by atoms with van der Waals surface area (Å²) < 4.78 is 6.61. The third-order valence-corrected chi connectivity index (χ3v) is 5.70. The number of carbonyl (C=O) groups excluding carboxylic acids is 2. The van der Waals surface area contributed by atoms with Crippen LogP contribution in [0, 0.1) is 0 Å². The summed E-state index contributed by atoms with van der Waals surface area (Å²) in [5, 5.41) is 10.9. The lowest BCUT2D eigenvalue weighted by Crippen LogP contribution is -2.42. The van der Waals surface area contributed by atoms with Crippen molar-refractivity contribution in [1.29, 1.82) is 0 Å². The lowest BCUT2D eigenvalue weighted by Gasteiger charge is -2.25. The average molecular weight is 421 g/mol. The molecule has 1 fully saturated rings. The van der Waals surface area contributed by atoms with Crippen molar-refractivity contribution in [2.75, 3.05) is 24.7 Å². The van der Waals surface area contributed by atoms with Crippen LogP contribution in [0.2, 0.25) is 0 Å². The van der Waals surface area contributed by atoms with Crippen molar-refractivity contribution >= 4 is 41.0 Å². The van der Waals surface area contributed by atoms with Crippen LogP contribution in [0.1, 0.15) is 12.1 Å². The summed E-state index contributed by atoms with van der Waals surface area (Å²) in [5.41, 5.74) is 1.32. The van der Waals surface area contributed by atoms with Crippen LogP contribution in [0.5, 0.6) is 0 Å². The van der Waals surface area contributed by atoms with Crippen LogP contribution < -0.4 is 10.2 Å². The van der Waals surface area contributed by atoms with Gasteiger partial charge in [0.15, 0.2) is 0 Å². The lowest BCUT2D eigenvalue weighted by atomic mass is 10.3. The monoisotopic (exact) mass is 420 g/mol. The Balaban J connectivity index is 1.37. The minimum absolute atomic E-state index is 0.0720. The minimum atomic E-state index is -0.163. The van der Waals surface area contributed by atoms with E-state index < -0.39 is 0 Å². The molecule has 2 aliphatic rings. The Morgan fingerprint density at radius 2 is 2.32 bits per heavy atom. The number of hydrogen-bond acceptors (Lipinski definition) is 7. The maximum Gasteiger partial charge on any atom is 0.257 e. The zero-order valence-electron chi connectivity index (χ0n) is 14.7. The fourth-order valence-corrected chi connectivity index (χ4v) is 3.99. The van der Waals surface area contributed by atoms with E-state index in [1.165, 1.54) is 11.8 Å². The van der Waals surface area contributed by atoms with Crippen LogP contribution >= 0.6 is 23.4 Å². The topological polar surface area (TPSA) is 102 Å². The molecule has 146 valence electrons. The zero-order chi connectivity index (χ0) is 19.5. The van der Waals surface area contributed by atoms with Crippen molar-refractivity contribution < 1.29 is 14.3 Å². The number of halogens is 1. The molecule has 11 heteroatoms. The second-order valence-corrected chi connectivity index (χ2v) is 8.17. The second kappa shape index (κ2) is 8.29. The van der Waals surface area contributed by atoms with Crippen LogP contribution in [-0.4, -0.2) is 56.3 Å². The molecule has 0 bridgehead atoms. The van der Waals surface area contributed by atoms with Gasteiger partial charge in [0.1, 0.15) is 18.1 Å². The number of thioether (sulfide) groups is 1. The summed E-state index contributed by atoms with van der Waals surface area (Å²) in [5.74, 6) is 0.301. The van der Waals surface area contributed by atoms with E-state index in [9.17, 15) is 9.59 Å². The fraction of sp³-hybridized carbons (Fsp3) is 0.353. The number of anilines is 1. The predicted octanol–water partition coefficient (Wildman–Crippen LogP) is 1.23. The van der Waals surface area contributed by atoms with Gasteiger partial charge in [0.05, 0.1) is 47.4 Å². The molecule has 2 aromatic rings. The molecule has 0 radical (unpaired) electrons. The van der Waals surface area contributed by atoms with E-state index in [4.69, 9.17) is 16.3 Å². The smallest absolute Gasteiger partial charge is 0.257 e. The van der Waals surface area contributed by atoms with E-state index in [1.807, 2.05) is 12.1 Å². The normalized spacial score (nSPS) is 19.6. The Hall–Kier alpha value is -2.43. The number of nitrogens with one attached hydrogen (secondary N) is 1. The molecule has 1 unspecified atom stereocenters. The van der Waals surface area contributed by atoms with E-state index >= 15 is 0 Å². The van der Waals surface area contributed by atoms with E-state index in [-0.39, 0.29) is 29.7 Å². The number of nitrogens with zero attached hydrogens (tertiary/aromatic N) is 5. The van der Waals surface area contributed by atoms with E-state index in [0.717, 1.165) is 0 Å². The Labute approximate surface area is 170 Å². The first-order valence-corrected chi connectivity index (χ1v) is 9.96. The summed E-state index contributed by atoms with van der Waals surface area (Å²) in [6, 6.07) is 3.57. The first-order valence-electron chi connectivity index (χ1n) is 8.65. The average Bonchev–Trinajstić information content (AvgIpc) is 3.36. The van der Waals surface area contributed by atoms with E-state index in [1.54, 1.807) is 28.0 Å². The minimum Gasteiger partial charge on any atom is -0.370 e. The number of aromatic nitrogens is 4. The molecule has 2 aromatic heterocycles. The van der Waals surface area contributed by atoms with Gasteiger partial charge < -0.3 is 10.1 Å². The second-order valence-electron chi connectivity index (χ2n) is 6.14. The molecule has 1 atom stereocenters. The Kier molecular flexibility index (Phi) is 5.60. The lowest BCUT2D eigenvalue weighted by molar-refractivity contribution is -0.125. The van der Waals surface area contributed by atoms with Crippen LogP contribution in [-0.2, 0) is 20.9 Å². The molecule has 9 nitrogen and oxygen atoms in total. The highest BCUT2D eigenvalue weighted by molar-refractivity contribution is 8.05. The molecule has 4 rings (SSSR count). The number of rotatable bonds is 5. The van der Waals surface area contributed by atoms with Crippen molar-refractivity contribution in [3.63, 3.8) is 0 Å². The Bertz CT molecular complexity index is 916. The molecule has 28 heavy (non-hydrogen) atoms. The van der Waals surface area contributed by atoms with Gasteiger partial charge in [-0.05, 0) is 18.6 Å². The summed E-state index contributed by atoms with van der Waals surface area (Å²) in [7, 11) is 0. The van der Waals surface area contributed by atoms with Crippen molar-refractivity contribution in [3.05, 3.63) is 41.2 Å². The summed E-state index contributed by atoms with van der Waals surface area (Å²) >= 11 is 7.33. The van der Waals surface area contributed by atoms with Gasteiger partial charge in [0.25, 0.3) is 11.8 Å². The molecule has 4 heterocycles. The largest absolute Gasteiger partial charge is 0.370 e. The maximum atomic E-state index is 12.1. The van der Waals surface area contributed by atoms with Crippen molar-refractivity contribution in [2.45, 2.75) is 17.7 Å². The van der Waals surface area contributed by atoms with Crippen LogP contribution in [0.15, 0.2) is 35.5 Å². The molecular formula is C17H17ClN6O3S. The zero-order valence-corrected chi connectivity index (χ0v) is 16.3. The van der Waals surface area contributed by atoms with Crippen LogP contribution in [0.4, 0.5) is 5.82 Å². The summed E-state index contributed by atoms with van der Waals surface area (Å²) in [6.07, 6.45) is 5.86. The van der Waals surface area contributed by atoms with Gasteiger partial charge in [-0.3, -0.25) is 14.5 Å². The maximum absolute atomic E-state index is 12.1. The standard InChI is InChI=1S/C17H17ClN6O3S/c18-14-3-2-13(28-14)17(26)20-7-11-9-24(22-21-11)12-1-4-15(19-8-12)23-5-6-27-10-16(23)25/h1-2,4,8-9,14H,3,5-7,10H2,(H,20,26). The van der Waals surface area contributed by atoms with Gasteiger partial charge in [-0.15, -0.1) is 28.5 Å². The summed E-state index contributed by atoms with van der Waals surface area (Å²) in [4.78, 5) is 30.5. The van der Waals surface area contributed by atoms with Crippen LogP contribution in [0.25, 0.3) is 5.69 Å². The number of amides is 2. The number of hydrogen-bond donors (Lipinski definition) is 1. The quantitative estimate of drug-likeness (QED) is 0.725. The predicted molar refractivity (Wildman–Crippen MR) is 104 cm³/mol. The number of alkyl halides is 1. The number of allylic oxidation sites excluding steroid dienone is 1. The number of morpholine rings is 1. The van der Waals surface area contributed by atoms with E-state index in [2.05, 4.69) is 20.6 Å². The first-order chi connectivity index (χ1) is 13.6. The molecule has 0 aromatic carbocycles. The SMILES string of the molecule is O=C(NCc1cn(-c2ccc(N3CCOCC3=O)nc2)nn1)C1=CCC(Cl)S1. The molecule has 1 N–H and O–H groups in total. The highest BCUT2D eigenvalue weighted by atomic mass is 35.5. The number of pyridine rings is 1. The van der Waals surface area contributed by atoms with Gasteiger partial charge in [-0.25, -0.2) is 9.67 Å². The molecule has 0 spiro atoms. The first kappa shape index (κ1) is 18.9. The molecular weight excluding hydrogens is 404 g/mol.